The minimum atomic E-state index is -3.97. The molecular formula is C25H29ClFN5O2S. The van der Waals surface area contributed by atoms with Gasteiger partial charge in [-0.2, -0.15) is 0 Å². The number of nitrogens with one attached hydrogen (secondary N) is 2. The zero-order chi connectivity index (χ0) is 25.0. The van der Waals surface area contributed by atoms with Gasteiger partial charge in [0.1, 0.15) is 11.6 Å². The van der Waals surface area contributed by atoms with Crippen LogP contribution in [0.1, 0.15) is 51.5 Å². The van der Waals surface area contributed by atoms with Crippen LogP contribution in [0.3, 0.4) is 0 Å². The highest BCUT2D eigenvalue weighted by atomic mass is 35.5. The molecule has 0 bridgehead atoms. The Kier molecular flexibility index (Phi) is 5.96. The number of allylic oxidation sites excluding steroid dienone is 4. The molecular weight excluding hydrogens is 489 g/mol. The first-order valence-electron chi connectivity index (χ1n) is 11.8. The van der Waals surface area contributed by atoms with Gasteiger partial charge in [0.05, 0.1) is 22.0 Å². The van der Waals surface area contributed by atoms with Crippen molar-refractivity contribution >= 4 is 39.2 Å². The Balaban J connectivity index is 1.48. The maximum atomic E-state index is 13.7. The van der Waals surface area contributed by atoms with Gasteiger partial charge in [-0.05, 0) is 62.0 Å². The second-order valence-electron chi connectivity index (χ2n) is 9.67. The van der Waals surface area contributed by atoms with E-state index in [2.05, 4.69) is 28.1 Å². The predicted molar refractivity (Wildman–Crippen MR) is 138 cm³/mol. The third-order valence-corrected chi connectivity index (χ3v) is 9.25. The third kappa shape index (κ3) is 4.14. The number of benzene rings is 1. The lowest BCUT2D eigenvalue weighted by atomic mass is 9.91. The highest BCUT2D eigenvalue weighted by molar-refractivity contribution is 7.96. The van der Waals surface area contributed by atoms with E-state index in [1.165, 1.54) is 18.9 Å². The van der Waals surface area contributed by atoms with Crippen LogP contribution < -0.4 is 15.8 Å². The third-order valence-electron chi connectivity index (χ3n) is 7.30. The summed E-state index contributed by atoms with van der Waals surface area (Å²) >= 11 is 6.56. The van der Waals surface area contributed by atoms with Crippen molar-refractivity contribution in [1.29, 1.82) is 0 Å². The summed E-state index contributed by atoms with van der Waals surface area (Å²) in [5, 5.41) is 3.26. The van der Waals surface area contributed by atoms with E-state index in [1.807, 2.05) is 6.07 Å². The van der Waals surface area contributed by atoms with Gasteiger partial charge in [-0.15, -0.1) is 0 Å². The number of anilines is 1. The number of halogens is 2. The molecule has 1 aromatic carbocycles. The van der Waals surface area contributed by atoms with Gasteiger partial charge in [0.15, 0.2) is 5.66 Å². The number of rotatable bonds is 5. The summed E-state index contributed by atoms with van der Waals surface area (Å²) < 4.78 is 42.2. The molecule has 1 saturated carbocycles. The van der Waals surface area contributed by atoms with E-state index in [-0.39, 0.29) is 21.5 Å². The Morgan fingerprint density at radius 2 is 2.06 bits per heavy atom. The fourth-order valence-electron chi connectivity index (χ4n) is 5.46. The van der Waals surface area contributed by atoms with Gasteiger partial charge >= 0.3 is 0 Å². The van der Waals surface area contributed by atoms with Crippen molar-refractivity contribution in [2.24, 2.45) is 16.6 Å². The largest absolute Gasteiger partial charge is 0.385 e. The maximum absolute atomic E-state index is 13.7. The summed E-state index contributed by atoms with van der Waals surface area (Å²) in [7, 11) is -3.97. The summed E-state index contributed by atoms with van der Waals surface area (Å²) in [5.74, 6) is -0.353. The highest BCUT2D eigenvalue weighted by Gasteiger charge is 2.47. The first kappa shape index (κ1) is 23.9. The predicted octanol–water partition coefficient (Wildman–Crippen LogP) is 4.98. The first-order chi connectivity index (χ1) is 16.6. The van der Waals surface area contributed by atoms with Gasteiger partial charge in [0.25, 0.3) is 10.0 Å². The van der Waals surface area contributed by atoms with Crippen LogP contribution in [0.5, 0.6) is 0 Å². The second-order valence-corrected chi connectivity index (χ2v) is 11.8. The van der Waals surface area contributed by atoms with Gasteiger partial charge in [0, 0.05) is 23.4 Å². The van der Waals surface area contributed by atoms with Crippen LogP contribution in [0, 0.1) is 5.92 Å². The molecule has 2 heterocycles. The first-order valence-corrected chi connectivity index (χ1v) is 13.7. The van der Waals surface area contributed by atoms with Crippen LogP contribution in [0.2, 0.25) is 5.02 Å². The molecule has 2 aliphatic heterocycles. The molecule has 5 rings (SSSR count). The van der Waals surface area contributed by atoms with Gasteiger partial charge < -0.3 is 16.0 Å². The van der Waals surface area contributed by atoms with E-state index in [1.54, 1.807) is 25.4 Å². The SMILES string of the molecule is CC1CC=C(F)C=C1S(=O)(=O)Nc1ccc(C2=CN(C3CCCC3)C3(C)N=CNC(N)=C23)cc1Cl. The van der Waals surface area contributed by atoms with Crippen LogP contribution in [-0.2, 0) is 10.0 Å². The van der Waals surface area contributed by atoms with E-state index in [9.17, 15) is 12.8 Å². The van der Waals surface area contributed by atoms with E-state index < -0.39 is 21.5 Å². The molecule has 0 spiro atoms. The smallest absolute Gasteiger partial charge is 0.258 e. The van der Waals surface area contributed by atoms with Crippen molar-refractivity contribution in [3.05, 3.63) is 69.3 Å². The summed E-state index contributed by atoms with van der Waals surface area (Å²) in [4.78, 5) is 7.06. The zero-order valence-corrected chi connectivity index (χ0v) is 21.3. The van der Waals surface area contributed by atoms with Gasteiger partial charge in [-0.25, -0.2) is 17.8 Å². The Bertz CT molecular complexity index is 1330. The average Bonchev–Trinajstić information content (AvgIpc) is 3.43. The zero-order valence-electron chi connectivity index (χ0n) is 19.7. The van der Waals surface area contributed by atoms with E-state index in [4.69, 9.17) is 22.3 Å². The summed E-state index contributed by atoms with van der Waals surface area (Å²) in [6.07, 6.45) is 11.1. The molecule has 1 fully saturated rings. The van der Waals surface area contributed by atoms with Gasteiger partial charge in [-0.1, -0.05) is 37.4 Å². The number of sulfonamides is 1. The second kappa shape index (κ2) is 8.71. The van der Waals surface area contributed by atoms with Crippen LogP contribution in [0.15, 0.2) is 63.7 Å². The molecule has 7 nitrogen and oxygen atoms in total. The van der Waals surface area contributed by atoms with E-state index in [0.29, 0.717) is 18.3 Å². The lowest BCUT2D eigenvalue weighted by molar-refractivity contribution is 0.167. The monoisotopic (exact) mass is 517 g/mol. The number of hydrogen-bond acceptors (Lipinski definition) is 6. The highest BCUT2D eigenvalue weighted by Crippen LogP contribution is 2.48. The fourth-order valence-corrected chi connectivity index (χ4v) is 7.22. The van der Waals surface area contributed by atoms with Crippen LogP contribution in [0.25, 0.3) is 5.57 Å². The summed E-state index contributed by atoms with van der Waals surface area (Å²) in [5.41, 5.74) is 8.59. The molecule has 0 radical (unpaired) electrons. The molecule has 1 aromatic rings. The topological polar surface area (TPSA) is 99.8 Å². The van der Waals surface area contributed by atoms with Crippen LogP contribution in [0.4, 0.5) is 10.1 Å². The Labute approximate surface area is 210 Å². The van der Waals surface area contributed by atoms with Crippen molar-refractivity contribution < 1.29 is 12.8 Å². The molecule has 0 amide bonds. The van der Waals surface area contributed by atoms with Gasteiger partial charge in [0.2, 0.25) is 0 Å². The number of hydrogen-bond donors (Lipinski definition) is 3. The quantitative estimate of drug-likeness (QED) is 0.511. The Morgan fingerprint density at radius 1 is 1.31 bits per heavy atom. The molecule has 35 heavy (non-hydrogen) atoms. The average molecular weight is 518 g/mol. The van der Waals surface area contributed by atoms with Crippen molar-refractivity contribution in [3.8, 4) is 0 Å². The minimum absolute atomic E-state index is 0.00295. The normalized spacial score (nSPS) is 26.8. The van der Waals surface area contributed by atoms with Crippen LogP contribution in [-0.4, -0.2) is 31.4 Å². The molecule has 2 unspecified atom stereocenters. The lowest BCUT2D eigenvalue weighted by Gasteiger charge is -2.40. The fraction of sp³-hybridized carbons (Fsp3) is 0.400. The lowest BCUT2D eigenvalue weighted by Crippen LogP contribution is -2.48. The Morgan fingerprint density at radius 3 is 2.77 bits per heavy atom. The minimum Gasteiger partial charge on any atom is -0.385 e. The van der Waals surface area contributed by atoms with Crippen molar-refractivity contribution in [2.45, 2.75) is 57.7 Å². The molecule has 10 heteroatoms. The molecule has 4 aliphatic rings. The molecule has 0 aromatic heterocycles. The van der Waals surface area contributed by atoms with Gasteiger partial charge in [-0.3, -0.25) is 4.72 Å². The molecule has 4 N–H and O–H groups in total. The number of nitrogens with zero attached hydrogens (tertiary/aromatic N) is 2. The van der Waals surface area contributed by atoms with Crippen molar-refractivity contribution in [3.63, 3.8) is 0 Å². The molecule has 186 valence electrons. The summed E-state index contributed by atoms with van der Waals surface area (Å²) in [6, 6.07) is 5.53. The number of nitrogens with two attached hydrogens (primary N) is 1. The Hall–Kier alpha value is -2.78. The van der Waals surface area contributed by atoms with E-state index in [0.717, 1.165) is 35.6 Å². The van der Waals surface area contributed by atoms with E-state index >= 15 is 0 Å². The molecule has 2 aliphatic carbocycles. The molecule has 0 saturated heterocycles. The number of fused-ring (bicyclic) bond motifs is 1. The number of aliphatic imine (C=N–C) groups is 1. The standard InChI is InChI=1S/C25H29ClFN5O2S/c1-15-7-9-17(27)12-22(15)35(33,34)31-21-10-8-16(11-20(21)26)19-13-32(18-5-3-4-6-18)25(2)23(19)24(28)29-14-30-25/h8-15,18,31H,3-7,28H2,1-2H3,(H,29,30). The summed E-state index contributed by atoms with van der Waals surface area (Å²) in [6.45, 7) is 3.81. The molecule has 2 atom stereocenters. The van der Waals surface area contributed by atoms with Crippen LogP contribution >= 0.6 is 11.6 Å². The maximum Gasteiger partial charge on any atom is 0.258 e. The van der Waals surface area contributed by atoms with Crippen molar-refractivity contribution in [1.82, 2.24) is 10.2 Å². The van der Waals surface area contributed by atoms with Crippen molar-refractivity contribution in [2.75, 3.05) is 4.72 Å².